The van der Waals surface area contributed by atoms with E-state index in [0.29, 0.717) is 0 Å². The van der Waals surface area contributed by atoms with Crippen LogP contribution in [0.1, 0.15) is 2.85 Å². The number of hydrogen-bond acceptors (Lipinski definition) is 0. The molecule has 5 heteroatoms. The zero-order chi connectivity index (χ0) is 0. The summed E-state index contributed by atoms with van der Waals surface area (Å²) in [5.41, 5.74) is 0. The van der Waals surface area contributed by atoms with Gasteiger partial charge in [0.1, 0.15) is 0 Å². The van der Waals surface area contributed by atoms with Gasteiger partial charge in [-0.05, 0) is 0 Å². The van der Waals surface area contributed by atoms with Crippen molar-refractivity contribution >= 4 is 37.7 Å². The summed E-state index contributed by atoms with van der Waals surface area (Å²) in [5, 5.41) is 0. The smallest absolute Gasteiger partial charge is 1.00 e. The first-order valence-electron chi connectivity index (χ1n) is 0. The summed E-state index contributed by atoms with van der Waals surface area (Å²) in [6.07, 6.45) is 0. The van der Waals surface area contributed by atoms with Crippen molar-refractivity contribution in [2.24, 2.45) is 0 Å². The fraction of sp³-hybridized carbons (Fsp3) is 0. The molecule has 0 N–H and O–H groups in total. The molecule has 0 aromatic carbocycles. The van der Waals surface area contributed by atoms with Crippen LogP contribution >= 0.6 is 0 Å². The third-order valence-electron chi connectivity index (χ3n) is 0. The molecule has 0 nitrogen and oxygen atoms in total. The van der Waals surface area contributed by atoms with Crippen molar-refractivity contribution in [3.63, 3.8) is 0 Å². The average Bonchev–Trinajstić information content (AvgIpc) is 0. The third-order valence-corrected chi connectivity index (χ3v) is 0. The van der Waals surface area contributed by atoms with E-state index >= 15 is 0 Å². The van der Waals surface area contributed by atoms with E-state index in [9.17, 15) is 0 Å². The van der Waals surface area contributed by atoms with E-state index in [-0.39, 0.29) is 111 Å². The number of hydrogen-bond donors (Lipinski definition) is 0. The van der Waals surface area contributed by atoms with Gasteiger partial charge in [-0.25, -0.2) is 0 Å². The fourth-order valence-corrected chi connectivity index (χ4v) is 0. The van der Waals surface area contributed by atoms with Crippen molar-refractivity contribution in [1.29, 1.82) is 0 Å². The molecule has 0 saturated carbocycles. The van der Waals surface area contributed by atoms with Gasteiger partial charge in [-0.3, -0.25) is 0 Å². The monoisotopic (exact) mass is 280 g/mol. The molecule has 0 aliphatic rings. The van der Waals surface area contributed by atoms with Crippen LogP contribution in [0.5, 0.6) is 0 Å². The minimum Gasteiger partial charge on any atom is -1.00 e. The van der Waals surface area contributed by atoms with E-state index < -0.39 is 0 Å². The van der Waals surface area contributed by atoms with Crippen LogP contribution in [0.2, 0.25) is 0 Å². The summed E-state index contributed by atoms with van der Waals surface area (Å²) in [6, 6.07) is 0. The van der Waals surface area contributed by atoms with Crippen LogP contribution in [0.3, 0.4) is 0 Å². The molecule has 0 aromatic heterocycles. The zero-order valence-electron chi connectivity index (χ0n) is 4.45. The van der Waals surface area contributed by atoms with Gasteiger partial charge < -0.3 is 2.85 Å². The molecular formula is H2CaCuFeMnZn. The Labute approximate surface area is 109 Å². The molecule has 0 bridgehead atoms. The molecular weight excluding hydrogens is 280 g/mol. The summed E-state index contributed by atoms with van der Waals surface area (Å²) < 4.78 is 0. The van der Waals surface area contributed by atoms with Gasteiger partial charge in [0.25, 0.3) is 0 Å². The zero-order valence-corrected chi connectivity index (χ0v) is 10.8. The molecule has 0 amide bonds. The first kappa shape index (κ1) is 39.5. The van der Waals surface area contributed by atoms with Crippen molar-refractivity contribution in [3.05, 3.63) is 0 Å². The molecule has 5 heavy (non-hydrogen) atoms. The summed E-state index contributed by atoms with van der Waals surface area (Å²) in [4.78, 5) is 0. The second-order valence-corrected chi connectivity index (χ2v) is 0. The van der Waals surface area contributed by atoms with Crippen LogP contribution in [0.15, 0.2) is 0 Å². The van der Waals surface area contributed by atoms with E-state index in [1.54, 1.807) is 0 Å². The minimum atomic E-state index is 0. The van der Waals surface area contributed by atoms with Crippen LogP contribution < -0.4 is 0 Å². The first-order valence-corrected chi connectivity index (χ1v) is 0. The van der Waals surface area contributed by atoms with Crippen LogP contribution in [0.4, 0.5) is 0 Å². The molecule has 0 aromatic rings. The molecule has 2 radical (unpaired) electrons. The molecule has 0 unspecified atom stereocenters. The molecule has 0 rings (SSSR count). The molecule has 0 aliphatic carbocycles. The Morgan fingerprint density at radius 1 is 1.20 bits per heavy atom. The topological polar surface area (TPSA) is 0 Å². The molecule has 0 aliphatic heterocycles. The summed E-state index contributed by atoms with van der Waals surface area (Å²) in [7, 11) is 0. The minimum absolute atomic E-state index is 0. The Morgan fingerprint density at radius 3 is 1.20 bits per heavy atom. The maximum absolute atomic E-state index is 0. The van der Waals surface area contributed by atoms with Gasteiger partial charge in [0.15, 0.2) is 0 Å². The van der Waals surface area contributed by atoms with Crippen LogP contribution in [-0.4, -0.2) is 37.7 Å². The Hall–Kier alpha value is 3.44. The van der Waals surface area contributed by atoms with Gasteiger partial charge in [-0.2, -0.15) is 0 Å². The van der Waals surface area contributed by atoms with Gasteiger partial charge >= 0.3 is 37.7 Å². The summed E-state index contributed by atoms with van der Waals surface area (Å²) in [5.74, 6) is 0. The molecule has 0 fully saturated rings. The van der Waals surface area contributed by atoms with Crippen molar-refractivity contribution in [3.8, 4) is 0 Å². The van der Waals surface area contributed by atoms with E-state index in [1.807, 2.05) is 0 Å². The van der Waals surface area contributed by atoms with Crippen molar-refractivity contribution in [2.45, 2.75) is 0 Å². The second-order valence-electron chi connectivity index (χ2n) is 0. The third kappa shape index (κ3) is 18.6. The van der Waals surface area contributed by atoms with E-state index in [4.69, 9.17) is 0 Å². The second kappa shape index (κ2) is 26.1. The van der Waals surface area contributed by atoms with Gasteiger partial charge in [0, 0.05) is 70.7 Å². The van der Waals surface area contributed by atoms with Gasteiger partial charge in [0.2, 0.25) is 0 Å². The van der Waals surface area contributed by atoms with Crippen molar-refractivity contribution in [1.82, 2.24) is 0 Å². The average molecular weight is 282 g/mol. The normalized spacial score (nSPS) is 0. The molecule has 0 heterocycles. The van der Waals surface area contributed by atoms with Gasteiger partial charge in [-0.15, -0.1) is 0 Å². The van der Waals surface area contributed by atoms with E-state index in [2.05, 4.69) is 0 Å². The van der Waals surface area contributed by atoms with Gasteiger partial charge in [0.05, 0.1) is 0 Å². The Morgan fingerprint density at radius 2 is 1.20 bits per heavy atom. The van der Waals surface area contributed by atoms with Crippen molar-refractivity contribution in [2.75, 3.05) is 0 Å². The standard InChI is InChI=1S/Ca.Cu.Fe.Mn.Zn.2H/q+2;;;;;2*-1. The summed E-state index contributed by atoms with van der Waals surface area (Å²) in [6.45, 7) is 0. The number of rotatable bonds is 0. The maximum Gasteiger partial charge on any atom is 2.00 e. The van der Waals surface area contributed by atoms with E-state index in [0.717, 1.165) is 0 Å². The predicted octanol–water partition coefficient (Wildman–Crippen LogP) is -0.166. The Balaban J connectivity index is 0. The molecule has 0 saturated heterocycles. The predicted molar refractivity (Wildman–Crippen MR) is 7.98 cm³/mol. The van der Waals surface area contributed by atoms with Gasteiger partial charge in [-0.1, -0.05) is 0 Å². The first-order chi connectivity index (χ1) is 0. The van der Waals surface area contributed by atoms with Crippen LogP contribution in [0, 0.1) is 0 Å². The summed E-state index contributed by atoms with van der Waals surface area (Å²) >= 11 is 0. The maximum atomic E-state index is 0. The largest absolute Gasteiger partial charge is 2.00 e. The SMILES string of the molecule is [Ca+2].[Cu].[Fe].[H-].[H-].[Mn].[Zn]. The Bertz CT molecular complexity index is 17.7. The van der Waals surface area contributed by atoms with E-state index in [1.165, 1.54) is 0 Å². The van der Waals surface area contributed by atoms with Crippen molar-refractivity contribution < 1.29 is 73.5 Å². The fourth-order valence-electron chi connectivity index (χ4n) is 0. The molecule has 0 atom stereocenters. The quantitative estimate of drug-likeness (QED) is 0.541. The molecule has 32 valence electrons. The Kier molecular flexibility index (Phi) is 206. The molecule has 0 spiro atoms. The van der Waals surface area contributed by atoms with Crippen LogP contribution in [0.25, 0.3) is 0 Å². The van der Waals surface area contributed by atoms with Crippen LogP contribution in [-0.2, 0) is 70.7 Å².